The van der Waals surface area contributed by atoms with Crippen LogP contribution >= 0.6 is 0 Å². The van der Waals surface area contributed by atoms with Crippen LogP contribution in [0.2, 0.25) is 0 Å². The van der Waals surface area contributed by atoms with Crippen molar-refractivity contribution in [3.63, 3.8) is 0 Å². The second-order valence-corrected chi connectivity index (χ2v) is 11.2. The number of ether oxygens (including phenoxy) is 4. The molecule has 1 N–H and O–H groups in total. The number of fused-ring (bicyclic) bond motifs is 5. The maximum Gasteiger partial charge on any atom is 0.338 e. The summed E-state index contributed by atoms with van der Waals surface area (Å²) in [7, 11) is 2.85. The van der Waals surface area contributed by atoms with E-state index in [2.05, 4.69) is 18.9 Å². The third kappa shape index (κ3) is 3.12. The van der Waals surface area contributed by atoms with Gasteiger partial charge in [-0.05, 0) is 56.3 Å². The molecule has 182 valence electrons. The SMILES string of the molecule is C#CC[C@]12CCC3(CC1=CC[C@@H]1[C@@H]2CC[C@@]2(C)[C@H]1CC[C@@]2(O)C(OC)C(=O)OC)OCCO3. The van der Waals surface area contributed by atoms with Gasteiger partial charge in [0.2, 0.25) is 0 Å². The molecule has 7 atom stereocenters. The summed E-state index contributed by atoms with van der Waals surface area (Å²) < 4.78 is 22.7. The number of terminal acetylenes is 1. The maximum atomic E-state index is 12.5. The second kappa shape index (κ2) is 8.09. The number of hydrogen-bond acceptors (Lipinski definition) is 6. The normalized spacial score (nSPS) is 44.2. The molecular formula is C27H38O6. The summed E-state index contributed by atoms with van der Waals surface area (Å²) in [5, 5.41) is 11.9. The number of esters is 1. The van der Waals surface area contributed by atoms with Gasteiger partial charge in [0.15, 0.2) is 11.9 Å². The molecule has 6 nitrogen and oxygen atoms in total. The van der Waals surface area contributed by atoms with Gasteiger partial charge < -0.3 is 24.1 Å². The lowest BCUT2D eigenvalue weighted by Crippen LogP contribution is -2.61. The Bertz CT molecular complexity index is 868. The van der Waals surface area contributed by atoms with E-state index in [0.29, 0.717) is 37.4 Å². The van der Waals surface area contributed by atoms with Gasteiger partial charge in [-0.2, -0.15) is 0 Å². The van der Waals surface area contributed by atoms with Gasteiger partial charge in [-0.3, -0.25) is 0 Å². The summed E-state index contributed by atoms with van der Waals surface area (Å²) in [6.07, 6.45) is 15.1. The molecule has 0 aromatic carbocycles. The lowest BCUT2D eigenvalue weighted by molar-refractivity contribution is -0.206. The van der Waals surface area contributed by atoms with Crippen molar-refractivity contribution in [3.8, 4) is 12.3 Å². The van der Waals surface area contributed by atoms with Crippen molar-refractivity contribution in [2.75, 3.05) is 27.4 Å². The predicted molar refractivity (Wildman–Crippen MR) is 122 cm³/mol. The molecule has 4 fully saturated rings. The standard InChI is InChI=1S/C27H38O6/c1-5-10-25-13-14-26(32-15-16-33-26)17-18(25)6-7-19-20-9-12-27(29,22(30-3)23(28)31-4)24(20,2)11-8-21(19)25/h1,6,19-22,29H,7-17H2,2-4H3/t19-,20-,21-,22?,24-,25-,27+/m0/s1. The van der Waals surface area contributed by atoms with Crippen LogP contribution in [-0.4, -0.2) is 56.0 Å². The molecule has 1 heterocycles. The summed E-state index contributed by atoms with van der Waals surface area (Å²) in [5.74, 6) is 3.29. The Morgan fingerprint density at radius 1 is 1.21 bits per heavy atom. The molecule has 1 saturated heterocycles. The lowest BCUT2D eigenvalue weighted by Gasteiger charge is -2.60. The quantitative estimate of drug-likeness (QED) is 0.394. The molecule has 0 aromatic heterocycles. The molecule has 1 aliphatic heterocycles. The molecule has 6 heteroatoms. The van der Waals surface area contributed by atoms with Crippen molar-refractivity contribution in [3.05, 3.63) is 11.6 Å². The fraction of sp³-hybridized carbons (Fsp3) is 0.815. The summed E-state index contributed by atoms with van der Waals surface area (Å²) in [4.78, 5) is 12.5. The number of hydrogen-bond donors (Lipinski definition) is 1. The van der Waals surface area contributed by atoms with E-state index >= 15 is 0 Å². The second-order valence-electron chi connectivity index (χ2n) is 11.2. The molecule has 0 aromatic rings. The van der Waals surface area contributed by atoms with Crippen LogP contribution in [0.1, 0.15) is 64.7 Å². The molecule has 0 amide bonds. The van der Waals surface area contributed by atoms with Crippen molar-refractivity contribution in [2.24, 2.45) is 28.6 Å². The van der Waals surface area contributed by atoms with Crippen LogP contribution in [0.25, 0.3) is 0 Å². The topological polar surface area (TPSA) is 74.2 Å². The van der Waals surface area contributed by atoms with Crippen molar-refractivity contribution in [1.82, 2.24) is 0 Å². The van der Waals surface area contributed by atoms with Crippen molar-refractivity contribution >= 4 is 5.97 Å². The Morgan fingerprint density at radius 3 is 2.61 bits per heavy atom. The summed E-state index contributed by atoms with van der Waals surface area (Å²) >= 11 is 0. The van der Waals surface area contributed by atoms with Crippen LogP contribution in [-0.2, 0) is 23.7 Å². The predicted octanol–water partition coefficient (Wildman–Crippen LogP) is 3.61. The molecule has 1 spiro atoms. The highest BCUT2D eigenvalue weighted by Gasteiger charge is 2.68. The van der Waals surface area contributed by atoms with Gasteiger partial charge in [0.1, 0.15) is 5.60 Å². The number of aliphatic hydroxyl groups is 1. The minimum atomic E-state index is -1.23. The van der Waals surface area contributed by atoms with E-state index in [4.69, 9.17) is 25.4 Å². The molecule has 1 unspecified atom stereocenters. The molecule has 3 saturated carbocycles. The smallest absolute Gasteiger partial charge is 0.338 e. The fourth-order valence-corrected chi connectivity index (χ4v) is 8.74. The monoisotopic (exact) mass is 458 g/mol. The van der Waals surface area contributed by atoms with E-state index in [1.165, 1.54) is 19.8 Å². The largest absolute Gasteiger partial charge is 0.467 e. The number of carbonyl (C=O) groups is 1. The Balaban J connectivity index is 1.48. The number of methoxy groups -OCH3 is 2. The molecule has 5 rings (SSSR count). The average Bonchev–Trinajstić information content (AvgIpc) is 3.37. The first-order valence-corrected chi connectivity index (χ1v) is 12.5. The molecule has 0 radical (unpaired) electrons. The highest BCUT2D eigenvalue weighted by Crippen LogP contribution is 2.69. The zero-order valence-corrected chi connectivity index (χ0v) is 20.2. The van der Waals surface area contributed by atoms with E-state index in [-0.39, 0.29) is 5.41 Å². The third-order valence-electron chi connectivity index (χ3n) is 10.4. The van der Waals surface area contributed by atoms with Crippen molar-refractivity contribution < 1.29 is 28.8 Å². The van der Waals surface area contributed by atoms with Gasteiger partial charge in [0, 0.05) is 37.2 Å². The highest BCUT2D eigenvalue weighted by molar-refractivity contribution is 5.76. The minimum Gasteiger partial charge on any atom is -0.467 e. The highest BCUT2D eigenvalue weighted by atomic mass is 16.7. The number of allylic oxidation sites excluding steroid dienone is 1. The number of carbonyl (C=O) groups excluding carboxylic acids is 1. The van der Waals surface area contributed by atoms with Gasteiger partial charge in [0.25, 0.3) is 0 Å². The van der Waals surface area contributed by atoms with E-state index in [1.807, 2.05) is 0 Å². The first-order valence-electron chi connectivity index (χ1n) is 12.5. The average molecular weight is 459 g/mol. The molecule has 5 aliphatic rings. The minimum absolute atomic E-state index is 0.0106. The lowest BCUT2D eigenvalue weighted by atomic mass is 9.45. The van der Waals surface area contributed by atoms with Gasteiger partial charge in [-0.1, -0.05) is 18.6 Å². The van der Waals surface area contributed by atoms with Crippen LogP contribution in [0, 0.1) is 40.9 Å². The first kappa shape index (κ1) is 23.4. The Kier molecular flexibility index (Phi) is 5.72. The summed E-state index contributed by atoms with van der Waals surface area (Å²) in [5.41, 5.74) is -0.214. The van der Waals surface area contributed by atoms with Crippen LogP contribution in [0.5, 0.6) is 0 Å². The number of rotatable bonds is 4. The maximum absolute atomic E-state index is 12.5. The summed E-state index contributed by atoms with van der Waals surface area (Å²) in [6.45, 7) is 3.50. The van der Waals surface area contributed by atoms with E-state index < -0.39 is 28.9 Å². The third-order valence-corrected chi connectivity index (χ3v) is 10.4. The Hall–Kier alpha value is -1.39. The van der Waals surface area contributed by atoms with Gasteiger partial charge in [0.05, 0.1) is 20.3 Å². The van der Waals surface area contributed by atoms with Gasteiger partial charge in [-0.15, -0.1) is 12.3 Å². The van der Waals surface area contributed by atoms with Gasteiger partial charge >= 0.3 is 5.97 Å². The molecule has 4 aliphatic carbocycles. The van der Waals surface area contributed by atoms with E-state index in [1.54, 1.807) is 0 Å². The van der Waals surface area contributed by atoms with Crippen molar-refractivity contribution in [2.45, 2.75) is 82.2 Å². The zero-order chi connectivity index (χ0) is 23.5. The van der Waals surface area contributed by atoms with E-state index in [9.17, 15) is 9.90 Å². The van der Waals surface area contributed by atoms with Crippen LogP contribution in [0.15, 0.2) is 11.6 Å². The van der Waals surface area contributed by atoms with Crippen molar-refractivity contribution in [1.29, 1.82) is 0 Å². The Labute approximate surface area is 197 Å². The molecular weight excluding hydrogens is 420 g/mol. The van der Waals surface area contributed by atoms with Gasteiger partial charge in [-0.25, -0.2) is 4.79 Å². The van der Waals surface area contributed by atoms with Crippen LogP contribution in [0.4, 0.5) is 0 Å². The Morgan fingerprint density at radius 2 is 1.94 bits per heavy atom. The zero-order valence-electron chi connectivity index (χ0n) is 20.2. The van der Waals surface area contributed by atoms with Crippen LogP contribution < -0.4 is 0 Å². The molecule has 33 heavy (non-hydrogen) atoms. The van der Waals surface area contributed by atoms with E-state index in [0.717, 1.165) is 51.4 Å². The summed E-state index contributed by atoms with van der Waals surface area (Å²) in [6, 6.07) is 0. The molecule has 0 bridgehead atoms. The fourth-order valence-electron chi connectivity index (χ4n) is 8.74. The first-order chi connectivity index (χ1) is 15.8. The van der Waals surface area contributed by atoms with Crippen LogP contribution in [0.3, 0.4) is 0 Å².